The van der Waals surface area contributed by atoms with E-state index in [1.165, 1.54) is 19.9 Å². The van der Waals surface area contributed by atoms with Crippen LogP contribution in [0.15, 0.2) is 24.3 Å². The van der Waals surface area contributed by atoms with Crippen LogP contribution in [0, 0.1) is 11.2 Å². The van der Waals surface area contributed by atoms with E-state index in [1.54, 1.807) is 25.1 Å². The molecule has 0 N–H and O–H groups in total. The molecule has 20 heavy (non-hydrogen) atoms. The Hall–Kier alpha value is -1.75. The minimum absolute atomic E-state index is 0.0165. The van der Waals surface area contributed by atoms with Crippen LogP contribution in [-0.2, 0) is 25.7 Å². The number of ketones is 1. The van der Waals surface area contributed by atoms with Crippen molar-refractivity contribution in [2.24, 2.45) is 5.41 Å². The van der Waals surface area contributed by atoms with E-state index in [9.17, 15) is 14.0 Å². The number of carbonyl (C=O) groups excluding carboxylic acids is 2. The average Bonchev–Trinajstić information content (AvgIpc) is 2.41. The lowest BCUT2D eigenvalue weighted by Gasteiger charge is -2.20. The molecular weight excluding hydrogens is 263 g/mol. The van der Waals surface area contributed by atoms with Crippen LogP contribution in [-0.4, -0.2) is 25.0 Å². The third kappa shape index (κ3) is 4.13. The van der Waals surface area contributed by atoms with E-state index < -0.39 is 17.2 Å². The van der Waals surface area contributed by atoms with Gasteiger partial charge in [-0.15, -0.1) is 0 Å². The van der Waals surface area contributed by atoms with Gasteiger partial charge in [-0.2, -0.15) is 0 Å². The summed E-state index contributed by atoms with van der Waals surface area (Å²) < 4.78 is 23.4. The first-order valence-electron chi connectivity index (χ1n) is 6.41. The fourth-order valence-corrected chi connectivity index (χ4v) is 1.47. The normalized spacial score (nSPS) is 11.2. The quantitative estimate of drug-likeness (QED) is 0.569. The van der Waals surface area contributed by atoms with Crippen molar-refractivity contribution in [2.45, 2.75) is 27.4 Å². The number of ether oxygens (including phenoxy) is 2. The van der Waals surface area contributed by atoms with E-state index in [-0.39, 0.29) is 25.6 Å². The van der Waals surface area contributed by atoms with Crippen molar-refractivity contribution in [3.63, 3.8) is 0 Å². The summed E-state index contributed by atoms with van der Waals surface area (Å²) in [6.45, 7) is 4.58. The highest BCUT2D eigenvalue weighted by Gasteiger charge is 2.37. The molecule has 0 radical (unpaired) electrons. The van der Waals surface area contributed by atoms with Crippen molar-refractivity contribution in [3.8, 4) is 0 Å². The standard InChI is InChI=1S/C15H19FO4/c1-4-20-14(18)15(2,3)13(17)10-19-9-11-7-5-6-8-12(11)16/h5-8H,4,9-10H2,1-3H3. The van der Waals surface area contributed by atoms with Crippen molar-refractivity contribution in [1.29, 1.82) is 0 Å². The topological polar surface area (TPSA) is 52.6 Å². The Kier molecular flexibility index (Phi) is 5.82. The molecule has 0 spiro atoms. The summed E-state index contributed by atoms with van der Waals surface area (Å²) >= 11 is 0. The third-order valence-electron chi connectivity index (χ3n) is 2.93. The van der Waals surface area contributed by atoms with Gasteiger partial charge in [-0.3, -0.25) is 9.59 Å². The summed E-state index contributed by atoms with van der Waals surface area (Å²) in [5.41, 5.74) is -0.889. The van der Waals surface area contributed by atoms with Crippen LogP contribution in [0.2, 0.25) is 0 Å². The summed E-state index contributed by atoms with van der Waals surface area (Å²) in [4.78, 5) is 23.6. The van der Waals surface area contributed by atoms with Crippen molar-refractivity contribution >= 4 is 11.8 Å². The Morgan fingerprint density at radius 3 is 2.50 bits per heavy atom. The SMILES string of the molecule is CCOC(=O)C(C)(C)C(=O)COCc1ccccc1F. The number of benzene rings is 1. The third-order valence-corrected chi connectivity index (χ3v) is 2.93. The van der Waals surface area contributed by atoms with E-state index in [0.29, 0.717) is 5.56 Å². The highest BCUT2D eigenvalue weighted by atomic mass is 19.1. The predicted octanol–water partition coefficient (Wildman–Crippen LogP) is 2.50. The Bertz CT molecular complexity index is 483. The molecule has 0 aliphatic heterocycles. The number of halogens is 1. The second-order valence-corrected chi connectivity index (χ2v) is 4.85. The van der Waals surface area contributed by atoms with Gasteiger partial charge in [0.25, 0.3) is 0 Å². The zero-order valence-corrected chi connectivity index (χ0v) is 11.9. The van der Waals surface area contributed by atoms with Crippen LogP contribution in [0.1, 0.15) is 26.3 Å². The Morgan fingerprint density at radius 2 is 1.90 bits per heavy atom. The molecule has 0 atom stereocenters. The molecule has 0 aliphatic rings. The number of esters is 1. The number of rotatable bonds is 7. The van der Waals surface area contributed by atoms with Gasteiger partial charge >= 0.3 is 5.97 Å². The largest absolute Gasteiger partial charge is 0.465 e. The molecule has 4 nitrogen and oxygen atoms in total. The van der Waals surface area contributed by atoms with Crippen LogP contribution in [0.3, 0.4) is 0 Å². The van der Waals surface area contributed by atoms with Gasteiger partial charge in [-0.1, -0.05) is 18.2 Å². The zero-order chi connectivity index (χ0) is 15.2. The molecule has 0 amide bonds. The van der Waals surface area contributed by atoms with Crippen LogP contribution in [0.4, 0.5) is 4.39 Å². The first-order valence-corrected chi connectivity index (χ1v) is 6.41. The lowest BCUT2D eigenvalue weighted by Crippen LogP contribution is -2.37. The summed E-state index contributed by atoms with van der Waals surface area (Å²) in [5, 5.41) is 0. The van der Waals surface area contributed by atoms with Gasteiger partial charge in [0.05, 0.1) is 13.2 Å². The monoisotopic (exact) mass is 282 g/mol. The molecule has 0 aromatic heterocycles. The van der Waals surface area contributed by atoms with E-state index in [0.717, 1.165) is 0 Å². The first kappa shape index (κ1) is 16.3. The minimum Gasteiger partial charge on any atom is -0.465 e. The van der Waals surface area contributed by atoms with Crippen molar-refractivity contribution in [1.82, 2.24) is 0 Å². The maximum atomic E-state index is 13.3. The Morgan fingerprint density at radius 1 is 1.25 bits per heavy atom. The van der Waals surface area contributed by atoms with Gasteiger partial charge < -0.3 is 9.47 Å². The fourth-order valence-electron chi connectivity index (χ4n) is 1.47. The maximum Gasteiger partial charge on any atom is 0.319 e. The molecule has 5 heteroatoms. The number of Topliss-reactive ketones (excluding diaryl/α,β-unsaturated/α-hetero) is 1. The van der Waals surface area contributed by atoms with Gasteiger partial charge in [0.1, 0.15) is 17.8 Å². The highest BCUT2D eigenvalue weighted by Crippen LogP contribution is 2.19. The molecule has 0 saturated heterocycles. The molecule has 1 aromatic carbocycles. The van der Waals surface area contributed by atoms with Crippen molar-refractivity contribution < 1.29 is 23.5 Å². The molecule has 0 fully saturated rings. The summed E-state index contributed by atoms with van der Waals surface area (Å²) in [5.74, 6) is -1.36. The molecule has 0 bridgehead atoms. The van der Waals surface area contributed by atoms with Gasteiger partial charge in [-0.05, 0) is 26.8 Å². The molecule has 1 rings (SSSR count). The molecule has 0 aliphatic carbocycles. The van der Waals surface area contributed by atoms with E-state index in [2.05, 4.69) is 0 Å². The Balaban J connectivity index is 2.51. The van der Waals surface area contributed by atoms with Crippen LogP contribution in [0.5, 0.6) is 0 Å². The molecular formula is C15H19FO4. The lowest BCUT2D eigenvalue weighted by molar-refractivity contribution is -0.159. The molecule has 1 aromatic rings. The Labute approximate surface area is 117 Å². The van der Waals surface area contributed by atoms with Crippen LogP contribution < -0.4 is 0 Å². The van der Waals surface area contributed by atoms with E-state index in [4.69, 9.17) is 9.47 Å². The van der Waals surface area contributed by atoms with Gasteiger partial charge in [0.15, 0.2) is 5.78 Å². The van der Waals surface area contributed by atoms with E-state index >= 15 is 0 Å². The van der Waals surface area contributed by atoms with Gasteiger partial charge in [0, 0.05) is 5.56 Å². The second kappa shape index (κ2) is 7.14. The zero-order valence-electron chi connectivity index (χ0n) is 11.9. The summed E-state index contributed by atoms with van der Waals surface area (Å²) in [7, 11) is 0. The molecule has 0 unspecified atom stereocenters. The second-order valence-electron chi connectivity index (χ2n) is 4.85. The smallest absolute Gasteiger partial charge is 0.319 e. The number of hydrogen-bond acceptors (Lipinski definition) is 4. The summed E-state index contributed by atoms with van der Waals surface area (Å²) in [6.07, 6.45) is 0. The highest BCUT2D eigenvalue weighted by molar-refractivity contribution is 6.03. The minimum atomic E-state index is -1.26. The molecule has 0 saturated carbocycles. The lowest BCUT2D eigenvalue weighted by atomic mass is 9.88. The van der Waals surface area contributed by atoms with E-state index in [1.807, 2.05) is 0 Å². The van der Waals surface area contributed by atoms with Crippen LogP contribution >= 0.6 is 0 Å². The predicted molar refractivity (Wildman–Crippen MR) is 71.5 cm³/mol. The van der Waals surface area contributed by atoms with Crippen LogP contribution in [0.25, 0.3) is 0 Å². The summed E-state index contributed by atoms with van der Waals surface area (Å²) in [6, 6.07) is 6.17. The number of hydrogen-bond donors (Lipinski definition) is 0. The molecule has 0 heterocycles. The van der Waals surface area contributed by atoms with Crippen molar-refractivity contribution in [3.05, 3.63) is 35.6 Å². The first-order chi connectivity index (χ1) is 9.39. The molecule has 110 valence electrons. The average molecular weight is 282 g/mol. The fraction of sp³-hybridized carbons (Fsp3) is 0.467. The van der Waals surface area contributed by atoms with Gasteiger partial charge in [-0.25, -0.2) is 4.39 Å². The number of carbonyl (C=O) groups is 2. The van der Waals surface area contributed by atoms with Crippen molar-refractivity contribution in [2.75, 3.05) is 13.2 Å². The van der Waals surface area contributed by atoms with Gasteiger partial charge in [0.2, 0.25) is 0 Å². The maximum absolute atomic E-state index is 13.3.